The molecular formula is C13H19N. The van der Waals surface area contributed by atoms with Gasteiger partial charge in [-0.05, 0) is 48.4 Å². The summed E-state index contributed by atoms with van der Waals surface area (Å²) < 4.78 is 0. The molecule has 1 aromatic rings. The first kappa shape index (κ1) is 9.57. The van der Waals surface area contributed by atoms with Gasteiger partial charge in [0.2, 0.25) is 0 Å². The van der Waals surface area contributed by atoms with Crippen LogP contribution in [0.5, 0.6) is 0 Å². The van der Waals surface area contributed by atoms with Crippen LogP contribution in [0.2, 0.25) is 0 Å². The third-order valence-corrected chi connectivity index (χ3v) is 3.43. The minimum absolute atomic E-state index is 0.332. The maximum absolute atomic E-state index is 3.49. The fourth-order valence-corrected chi connectivity index (χ4v) is 2.17. The molecule has 0 saturated carbocycles. The second kappa shape index (κ2) is 3.01. The largest absolute Gasteiger partial charge is 0.385 e. The highest BCUT2D eigenvalue weighted by atomic mass is 14.9. The van der Waals surface area contributed by atoms with Crippen LogP contribution in [0, 0.1) is 13.8 Å². The Balaban J connectivity index is 2.59. The fraction of sp³-hybridized carbons (Fsp3) is 0.538. The van der Waals surface area contributed by atoms with Crippen LogP contribution in [0.25, 0.3) is 0 Å². The number of rotatable bonds is 0. The van der Waals surface area contributed by atoms with Crippen LogP contribution in [-0.4, -0.2) is 6.54 Å². The average molecular weight is 189 g/mol. The molecule has 14 heavy (non-hydrogen) atoms. The zero-order chi connectivity index (χ0) is 10.3. The van der Waals surface area contributed by atoms with E-state index in [2.05, 4.69) is 45.1 Å². The Morgan fingerprint density at radius 2 is 1.79 bits per heavy atom. The Bertz CT molecular complexity index is 364. The number of fused-ring (bicyclic) bond motifs is 1. The van der Waals surface area contributed by atoms with E-state index >= 15 is 0 Å². The number of hydrogen-bond acceptors (Lipinski definition) is 1. The van der Waals surface area contributed by atoms with Gasteiger partial charge in [0.1, 0.15) is 0 Å². The van der Waals surface area contributed by atoms with Gasteiger partial charge in [-0.3, -0.25) is 0 Å². The van der Waals surface area contributed by atoms with E-state index in [1.54, 1.807) is 0 Å². The SMILES string of the molecule is Cc1cc2c(cc1C)C(C)(C)CCN2. The molecule has 0 fully saturated rings. The van der Waals surface area contributed by atoms with Gasteiger partial charge in [0.15, 0.2) is 0 Å². The second-order valence-corrected chi connectivity index (χ2v) is 5.04. The minimum atomic E-state index is 0.332. The standard InChI is InChI=1S/C13H19N/c1-9-7-11-12(8-10(9)2)14-6-5-13(11,3)4/h7-8,14H,5-6H2,1-4H3. The van der Waals surface area contributed by atoms with Crippen molar-refractivity contribution in [2.45, 2.75) is 39.5 Å². The number of nitrogens with one attached hydrogen (secondary N) is 1. The van der Waals surface area contributed by atoms with Crippen molar-refractivity contribution in [3.05, 3.63) is 28.8 Å². The predicted octanol–water partition coefficient (Wildman–Crippen LogP) is 3.40. The summed E-state index contributed by atoms with van der Waals surface area (Å²) in [5.74, 6) is 0. The average Bonchev–Trinajstić information content (AvgIpc) is 2.08. The Morgan fingerprint density at radius 3 is 2.50 bits per heavy atom. The van der Waals surface area contributed by atoms with E-state index in [0.717, 1.165) is 6.54 Å². The number of anilines is 1. The van der Waals surface area contributed by atoms with Gasteiger partial charge in [0, 0.05) is 12.2 Å². The van der Waals surface area contributed by atoms with Gasteiger partial charge in [-0.1, -0.05) is 19.9 Å². The molecule has 1 heteroatoms. The van der Waals surface area contributed by atoms with Crippen molar-refractivity contribution in [3.63, 3.8) is 0 Å². The summed E-state index contributed by atoms with van der Waals surface area (Å²) in [7, 11) is 0. The zero-order valence-electron chi connectivity index (χ0n) is 9.57. The maximum Gasteiger partial charge on any atom is 0.0381 e. The van der Waals surface area contributed by atoms with Crippen LogP contribution in [0.4, 0.5) is 5.69 Å². The van der Waals surface area contributed by atoms with Gasteiger partial charge in [-0.2, -0.15) is 0 Å². The van der Waals surface area contributed by atoms with Gasteiger partial charge in [0.25, 0.3) is 0 Å². The molecule has 76 valence electrons. The maximum atomic E-state index is 3.49. The zero-order valence-corrected chi connectivity index (χ0v) is 9.57. The molecule has 0 amide bonds. The quantitative estimate of drug-likeness (QED) is 0.659. The lowest BCUT2D eigenvalue weighted by atomic mass is 9.77. The molecule has 1 nitrogen and oxygen atoms in total. The Morgan fingerprint density at radius 1 is 1.14 bits per heavy atom. The number of hydrogen-bond donors (Lipinski definition) is 1. The Kier molecular flexibility index (Phi) is 2.06. The molecular weight excluding hydrogens is 170 g/mol. The molecule has 1 heterocycles. The van der Waals surface area contributed by atoms with Crippen molar-refractivity contribution < 1.29 is 0 Å². The molecule has 0 aromatic heterocycles. The van der Waals surface area contributed by atoms with Crippen molar-refractivity contribution in [2.24, 2.45) is 0 Å². The lowest BCUT2D eigenvalue weighted by Gasteiger charge is -2.34. The topological polar surface area (TPSA) is 12.0 Å². The van der Waals surface area contributed by atoms with E-state index in [-0.39, 0.29) is 0 Å². The Labute approximate surface area is 86.5 Å². The molecule has 0 spiro atoms. The summed E-state index contributed by atoms with van der Waals surface area (Å²) in [6, 6.07) is 4.63. The van der Waals surface area contributed by atoms with E-state index in [1.165, 1.54) is 28.8 Å². The number of benzene rings is 1. The van der Waals surface area contributed by atoms with Gasteiger partial charge < -0.3 is 5.32 Å². The molecule has 0 bridgehead atoms. The van der Waals surface area contributed by atoms with Gasteiger partial charge >= 0.3 is 0 Å². The van der Waals surface area contributed by atoms with E-state index in [9.17, 15) is 0 Å². The molecule has 0 unspecified atom stereocenters. The van der Waals surface area contributed by atoms with Crippen molar-refractivity contribution in [3.8, 4) is 0 Å². The summed E-state index contributed by atoms with van der Waals surface area (Å²) in [5.41, 5.74) is 5.93. The van der Waals surface area contributed by atoms with Gasteiger partial charge in [0.05, 0.1) is 0 Å². The van der Waals surface area contributed by atoms with Crippen molar-refractivity contribution in [2.75, 3.05) is 11.9 Å². The minimum Gasteiger partial charge on any atom is -0.385 e. The second-order valence-electron chi connectivity index (χ2n) is 5.04. The highest BCUT2D eigenvalue weighted by Gasteiger charge is 2.27. The van der Waals surface area contributed by atoms with E-state index in [1.807, 2.05) is 0 Å². The monoisotopic (exact) mass is 189 g/mol. The van der Waals surface area contributed by atoms with Crippen LogP contribution in [0.15, 0.2) is 12.1 Å². The van der Waals surface area contributed by atoms with E-state index in [4.69, 9.17) is 0 Å². The van der Waals surface area contributed by atoms with Crippen molar-refractivity contribution in [1.29, 1.82) is 0 Å². The molecule has 2 rings (SSSR count). The van der Waals surface area contributed by atoms with Crippen molar-refractivity contribution in [1.82, 2.24) is 0 Å². The Hall–Kier alpha value is -0.980. The summed E-state index contributed by atoms with van der Waals surface area (Å²) in [6.07, 6.45) is 1.22. The normalized spacial score (nSPS) is 18.6. The first-order valence-corrected chi connectivity index (χ1v) is 5.36. The molecule has 0 saturated heterocycles. The molecule has 1 N–H and O–H groups in total. The number of aryl methyl sites for hydroxylation is 2. The third kappa shape index (κ3) is 1.41. The van der Waals surface area contributed by atoms with Crippen LogP contribution < -0.4 is 5.32 Å². The molecule has 1 aromatic carbocycles. The highest BCUT2D eigenvalue weighted by Crippen LogP contribution is 2.37. The van der Waals surface area contributed by atoms with Gasteiger partial charge in [-0.15, -0.1) is 0 Å². The lowest BCUT2D eigenvalue weighted by Crippen LogP contribution is -2.28. The predicted molar refractivity (Wildman–Crippen MR) is 62.0 cm³/mol. The fourth-order valence-electron chi connectivity index (χ4n) is 2.17. The van der Waals surface area contributed by atoms with Crippen LogP contribution >= 0.6 is 0 Å². The lowest BCUT2D eigenvalue weighted by molar-refractivity contribution is 0.481. The van der Waals surface area contributed by atoms with Crippen LogP contribution in [0.1, 0.15) is 37.0 Å². The summed E-state index contributed by atoms with van der Waals surface area (Å²) in [6.45, 7) is 10.1. The van der Waals surface area contributed by atoms with E-state index < -0.39 is 0 Å². The summed E-state index contributed by atoms with van der Waals surface area (Å²) in [4.78, 5) is 0. The van der Waals surface area contributed by atoms with Gasteiger partial charge in [-0.25, -0.2) is 0 Å². The molecule has 1 aliphatic heterocycles. The highest BCUT2D eigenvalue weighted by molar-refractivity contribution is 5.59. The third-order valence-electron chi connectivity index (χ3n) is 3.43. The molecule has 1 aliphatic rings. The summed E-state index contributed by atoms with van der Waals surface area (Å²) >= 11 is 0. The van der Waals surface area contributed by atoms with E-state index in [0.29, 0.717) is 5.41 Å². The molecule has 0 radical (unpaired) electrons. The first-order chi connectivity index (χ1) is 6.50. The smallest absolute Gasteiger partial charge is 0.0381 e. The molecule has 0 atom stereocenters. The summed E-state index contributed by atoms with van der Waals surface area (Å²) in [5, 5.41) is 3.49. The molecule has 0 aliphatic carbocycles. The van der Waals surface area contributed by atoms with Crippen LogP contribution in [0.3, 0.4) is 0 Å². The first-order valence-electron chi connectivity index (χ1n) is 5.36. The van der Waals surface area contributed by atoms with Crippen molar-refractivity contribution >= 4 is 5.69 Å². The van der Waals surface area contributed by atoms with Crippen LogP contribution in [-0.2, 0) is 5.41 Å².